The van der Waals surface area contributed by atoms with Crippen LogP contribution in [0.5, 0.6) is 0 Å². The average Bonchev–Trinajstić information content (AvgIpc) is 3.59. The van der Waals surface area contributed by atoms with E-state index in [-0.39, 0.29) is 0 Å². The lowest BCUT2D eigenvalue weighted by Crippen LogP contribution is -2.10. The van der Waals surface area contributed by atoms with E-state index in [9.17, 15) is 0 Å². The van der Waals surface area contributed by atoms with Gasteiger partial charge in [-0.15, -0.1) is 0 Å². The van der Waals surface area contributed by atoms with Crippen molar-refractivity contribution >= 4 is 49.4 Å². The molecule has 0 atom stereocenters. The molecule has 0 radical (unpaired) electrons. The summed E-state index contributed by atoms with van der Waals surface area (Å²) in [4.78, 5) is 6.71. The maximum absolute atomic E-state index is 4.36. The molecule has 10 aromatic rings. The highest BCUT2D eigenvalue weighted by molar-refractivity contribution is 6.28. The minimum Gasteiger partial charge on any atom is -0.310 e. The Bertz CT molecular complexity index is 2980. The van der Waals surface area contributed by atoms with Crippen molar-refractivity contribution < 1.29 is 0 Å². The van der Waals surface area contributed by atoms with Crippen LogP contribution < -0.4 is 4.90 Å². The van der Waals surface area contributed by atoms with Gasteiger partial charge >= 0.3 is 0 Å². The first-order valence-corrected chi connectivity index (χ1v) is 18.9. The number of benzene rings is 9. The molecule has 55 heavy (non-hydrogen) atoms. The van der Waals surface area contributed by atoms with Crippen molar-refractivity contribution in [2.24, 2.45) is 0 Å². The highest BCUT2D eigenvalue weighted by Crippen LogP contribution is 2.58. The minimum atomic E-state index is 1.06. The number of rotatable bonds is 6. The van der Waals surface area contributed by atoms with Crippen molar-refractivity contribution in [2.75, 3.05) is 4.90 Å². The molecule has 11 rings (SSSR count). The summed E-state index contributed by atoms with van der Waals surface area (Å²) in [6.07, 6.45) is 3.74. The van der Waals surface area contributed by atoms with Gasteiger partial charge in [-0.1, -0.05) is 164 Å². The Balaban J connectivity index is 1.16. The summed E-state index contributed by atoms with van der Waals surface area (Å²) in [5.74, 6) is 0. The molecule has 0 spiro atoms. The molecule has 0 saturated carbocycles. The predicted octanol–water partition coefficient (Wildman–Crippen LogP) is 14.7. The maximum atomic E-state index is 4.36. The van der Waals surface area contributed by atoms with Gasteiger partial charge in [0, 0.05) is 29.2 Å². The standard InChI is InChI=1S/C53H34N2/c1-3-15-36(16-4-1)49-44-23-9-10-24-45(44)50(37-17-5-2-6-18-37)53-47-29-28-41(43-25-13-26-46(51(43)47)52(49)53)38-20-11-21-40(34-38)55(39-30-32-54-33-31-39)48-27-12-19-35-14-7-8-22-42(35)48/h1-34H. The van der Waals surface area contributed by atoms with Gasteiger partial charge in [-0.25, -0.2) is 0 Å². The van der Waals surface area contributed by atoms with E-state index in [2.05, 4.69) is 204 Å². The van der Waals surface area contributed by atoms with Gasteiger partial charge in [-0.2, -0.15) is 0 Å². The van der Waals surface area contributed by atoms with E-state index in [0.717, 1.165) is 17.1 Å². The fourth-order valence-corrected chi connectivity index (χ4v) is 9.00. The number of hydrogen-bond acceptors (Lipinski definition) is 2. The number of hydrogen-bond donors (Lipinski definition) is 0. The molecule has 256 valence electrons. The second-order valence-corrected chi connectivity index (χ2v) is 14.3. The summed E-state index contributed by atoms with van der Waals surface area (Å²) in [6.45, 7) is 0. The monoisotopic (exact) mass is 698 g/mol. The van der Waals surface area contributed by atoms with Crippen LogP contribution in [0.1, 0.15) is 0 Å². The third-order valence-corrected chi connectivity index (χ3v) is 11.3. The van der Waals surface area contributed by atoms with Crippen molar-refractivity contribution in [1.82, 2.24) is 4.98 Å². The summed E-state index contributed by atoms with van der Waals surface area (Å²) in [5, 5.41) is 7.52. The largest absolute Gasteiger partial charge is 0.310 e. The van der Waals surface area contributed by atoms with Gasteiger partial charge in [-0.05, 0) is 113 Å². The number of nitrogens with zero attached hydrogens (tertiary/aromatic N) is 2. The van der Waals surface area contributed by atoms with Crippen LogP contribution in [0.25, 0.3) is 88.0 Å². The van der Waals surface area contributed by atoms with Gasteiger partial charge in [-0.3, -0.25) is 4.98 Å². The molecule has 0 saturated heterocycles. The van der Waals surface area contributed by atoms with Crippen LogP contribution in [0, 0.1) is 0 Å². The zero-order valence-electron chi connectivity index (χ0n) is 30.0. The summed E-state index contributed by atoms with van der Waals surface area (Å²) in [5.41, 5.74) is 15.9. The lowest BCUT2D eigenvalue weighted by molar-refractivity contribution is 1.25. The van der Waals surface area contributed by atoms with E-state index in [1.54, 1.807) is 0 Å². The Hall–Kier alpha value is -7.29. The molecule has 0 fully saturated rings. The van der Waals surface area contributed by atoms with E-state index in [4.69, 9.17) is 0 Å². The van der Waals surface area contributed by atoms with Crippen molar-refractivity contribution in [3.8, 4) is 55.6 Å². The molecule has 1 heterocycles. The average molecular weight is 699 g/mol. The Morgan fingerprint density at radius 1 is 0.327 bits per heavy atom. The quantitative estimate of drug-likeness (QED) is 0.172. The van der Waals surface area contributed by atoms with Gasteiger partial charge in [0.25, 0.3) is 0 Å². The van der Waals surface area contributed by atoms with Gasteiger partial charge in [0.05, 0.1) is 5.69 Å². The first-order chi connectivity index (χ1) is 27.3. The van der Waals surface area contributed by atoms with Gasteiger partial charge in [0.15, 0.2) is 0 Å². The molecular formula is C53H34N2. The van der Waals surface area contributed by atoms with Crippen LogP contribution in [0.3, 0.4) is 0 Å². The van der Waals surface area contributed by atoms with Crippen molar-refractivity contribution in [2.45, 2.75) is 0 Å². The molecule has 9 aromatic carbocycles. The van der Waals surface area contributed by atoms with Crippen molar-refractivity contribution in [3.63, 3.8) is 0 Å². The van der Waals surface area contributed by atoms with Crippen LogP contribution in [0.2, 0.25) is 0 Å². The van der Waals surface area contributed by atoms with Crippen LogP contribution >= 0.6 is 0 Å². The Morgan fingerprint density at radius 2 is 0.855 bits per heavy atom. The molecule has 1 aliphatic rings. The second-order valence-electron chi connectivity index (χ2n) is 14.3. The van der Waals surface area contributed by atoms with Crippen molar-refractivity contribution in [1.29, 1.82) is 0 Å². The number of pyridine rings is 1. The van der Waals surface area contributed by atoms with Gasteiger partial charge < -0.3 is 4.90 Å². The third kappa shape index (κ3) is 4.92. The first kappa shape index (κ1) is 31.3. The zero-order chi connectivity index (χ0) is 36.3. The SMILES string of the molecule is c1ccc(-c2c3c(c(-c4ccccc4)c4ccccc24)-c2ccc(-c4cccc(N(c5ccncc5)c5cccc6ccccc56)c4)c4cccc-3c24)cc1. The predicted molar refractivity (Wildman–Crippen MR) is 232 cm³/mol. The van der Waals surface area contributed by atoms with E-state index in [1.807, 2.05) is 12.4 Å². The molecule has 0 aliphatic heterocycles. The maximum Gasteiger partial charge on any atom is 0.0540 e. The van der Waals surface area contributed by atoms with Gasteiger partial charge in [0.1, 0.15) is 0 Å². The summed E-state index contributed by atoms with van der Waals surface area (Å²) < 4.78 is 0. The number of fused-ring (bicyclic) bond motifs is 5. The summed E-state index contributed by atoms with van der Waals surface area (Å²) in [6, 6.07) is 70.8. The Morgan fingerprint density at radius 3 is 1.56 bits per heavy atom. The molecule has 0 N–H and O–H groups in total. The first-order valence-electron chi connectivity index (χ1n) is 18.9. The lowest BCUT2D eigenvalue weighted by atomic mass is 9.82. The lowest BCUT2D eigenvalue weighted by Gasteiger charge is -2.27. The normalized spacial score (nSPS) is 11.6. The molecule has 2 nitrogen and oxygen atoms in total. The van der Waals surface area contributed by atoms with Crippen LogP contribution in [-0.4, -0.2) is 4.98 Å². The van der Waals surface area contributed by atoms with E-state index >= 15 is 0 Å². The topological polar surface area (TPSA) is 16.1 Å². The highest BCUT2D eigenvalue weighted by atomic mass is 15.1. The minimum absolute atomic E-state index is 1.06. The third-order valence-electron chi connectivity index (χ3n) is 11.3. The fraction of sp³-hybridized carbons (Fsp3) is 0. The summed E-state index contributed by atoms with van der Waals surface area (Å²) >= 11 is 0. The molecule has 0 unspecified atom stereocenters. The molecule has 2 heteroatoms. The Labute approximate surface area is 320 Å². The number of aromatic nitrogens is 1. The second kappa shape index (κ2) is 12.7. The molecule has 1 aliphatic carbocycles. The van der Waals surface area contributed by atoms with Crippen LogP contribution in [0.15, 0.2) is 207 Å². The molecule has 1 aromatic heterocycles. The van der Waals surface area contributed by atoms with Crippen LogP contribution in [0.4, 0.5) is 17.1 Å². The zero-order valence-corrected chi connectivity index (χ0v) is 30.0. The molecule has 0 amide bonds. The fourth-order valence-electron chi connectivity index (χ4n) is 9.00. The smallest absolute Gasteiger partial charge is 0.0540 e. The van der Waals surface area contributed by atoms with Gasteiger partial charge in [0.2, 0.25) is 0 Å². The Kier molecular flexibility index (Phi) is 7.21. The highest BCUT2D eigenvalue weighted by Gasteiger charge is 2.31. The van der Waals surface area contributed by atoms with Crippen LogP contribution in [-0.2, 0) is 0 Å². The van der Waals surface area contributed by atoms with E-state index in [0.29, 0.717) is 0 Å². The van der Waals surface area contributed by atoms with E-state index < -0.39 is 0 Å². The molecular weight excluding hydrogens is 665 g/mol. The number of anilines is 3. The van der Waals surface area contributed by atoms with Crippen molar-refractivity contribution in [3.05, 3.63) is 207 Å². The molecule has 0 bridgehead atoms. The van der Waals surface area contributed by atoms with E-state index in [1.165, 1.54) is 88.0 Å². The summed E-state index contributed by atoms with van der Waals surface area (Å²) in [7, 11) is 0.